The van der Waals surface area contributed by atoms with Crippen LogP contribution in [0.15, 0.2) is 24.3 Å². The van der Waals surface area contributed by atoms with Gasteiger partial charge in [0.1, 0.15) is 5.82 Å². The van der Waals surface area contributed by atoms with Gasteiger partial charge in [0.25, 0.3) is 0 Å². The van der Waals surface area contributed by atoms with E-state index in [4.69, 9.17) is 0 Å². The second kappa shape index (κ2) is 7.00. The van der Waals surface area contributed by atoms with Gasteiger partial charge in [0, 0.05) is 42.9 Å². The number of nitrogens with zero attached hydrogens (tertiary/aromatic N) is 1. The molecule has 1 saturated heterocycles. The standard InChI is InChI=1S/C14H21FN2S/c1-2-17(14-5-3-12(15)4-6-14)9-7-13-11-18-10-8-16-13/h3-6,13,16H,2,7-11H2,1H3. The first-order valence-electron chi connectivity index (χ1n) is 6.61. The van der Waals surface area contributed by atoms with E-state index in [1.807, 2.05) is 23.9 Å². The van der Waals surface area contributed by atoms with Gasteiger partial charge in [-0.15, -0.1) is 0 Å². The summed E-state index contributed by atoms with van der Waals surface area (Å²) in [6, 6.07) is 7.42. The van der Waals surface area contributed by atoms with Gasteiger partial charge < -0.3 is 10.2 Å². The van der Waals surface area contributed by atoms with Crippen molar-refractivity contribution in [1.82, 2.24) is 5.32 Å². The summed E-state index contributed by atoms with van der Waals surface area (Å²) in [7, 11) is 0. The summed E-state index contributed by atoms with van der Waals surface area (Å²) in [5.41, 5.74) is 1.11. The summed E-state index contributed by atoms with van der Waals surface area (Å²) in [5.74, 6) is 2.27. The minimum absolute atomic E-state index is 0.167. The van der Waals surface area contributed by atoms with Crippen LogP contribution < -0.4 is 10.2 Å². The lowest BCUT2D eigenvalue weighted by atomic mass is 10.2. The van der Waals surface area contributed by atoms with Crippen LogP contribution in [0.5, 0.6) is 0 Å². The van der Waals surface area contributed by atoms with E-state index in [0.29, 0.717) is 6.04 Å². The van der Waals surface area contributed by atoms with Gasteiger partial charge in [-0.05, 0) is 37.6 Å². The molecule has 1 atom stereocenters. The number of nitrogens with one attached hydrogen (secondary N) is 1. The Morgan fingerprint density at radius 3 is 2.78 bits per heavy atom. The molecule has 0 bridgehead atoms. The van der Waals surface area contributed by atoms with E-state index in [1.165, 1.54) is 23.6 Å². The molecule has 2 nitrogen and oxygen atoms in total. The minimum Gasteiger partial charge on any atom is -0.372 e. The molecule has 1 N–H and O–H groups in total. The summed E-state index contributed by atoms with van der Waals surface area (Å²) in [5, 5.41) is 3.55. The predicted molar refractivity (Wildman–Crippen MR) is 78.0 cm³/mol. The second-order valence-corrected chi connectivity index (χ2v) is 5.72. The number of halogens is 1. The average molecular weight is 268 g/mol. The molecule has 4 heteroatoms. The Bertz CT molecular complexity index is 349. The predicted octanol–water partition coefficient (Wildman–Crippen LogP) is 2.75. The van der Waals surface area contributed by atoms with E-state index in [9.17, 15) is 4.39 Å². The van der Waals surface area contributed by atoms with Gasteiger partial charge in [-0.3, -0.25) is 0 Å². The van der Waals surface area contributed by atoms with Crippen LogP contribution in [-0.2, 0) is 0 Å². The van der Waals surface area contributed by atoms with Crippen LogP contribution in [0, 0.1) is 5.82 Å². The quantitative estimate of drug-likeness (QED) is 0.884. The van der Waals surface area contributed by atoms with E-state index < -0.39 is 0 Å². The Balaban J connectivity index is 1.86. The van der Waals surface area contributed by atoms with Crippen LogP contribution >= 0.6 is 11.8 Å². The molecule has 18 heavy (non-hydrogen) atoms. The molecule has 1 aliphatic rings. The third-order valence-corrected chi connectivity index (χ3v) is 4.45. The Hall–Kier alpha value is -0.740. The Morgan fingerprint density at radius 1 is 1.39 bits per heavy atom. The Morgan fingerprint density at radius 2 is 2.17 bits per heavy atom. The third-order valence-electron chi connectivity index (χ3n) is 3.32. The molecule has 0 aliphatic carbocycles. The molecule has 1 fully saturated rings. The van der Waals surface area contributed by atoms with Gasteiger partial charge in [-0.25, -0.2) is 4.39 Å². The third kappa shape index (κ3) is 3.89. The molecule has 1 aromatic carbocycles. The highest BCUT2D eigenvalue weighted by Crippen LogP contribution is 2.17. The van der Waals surface area contributed by atoms with Crippen molar-refractivity contribution >= 4 is 17.4 Å². The molecule has 100 valence electrons. The molecule has 0 aromatic heterocycles. The first-order chi connectivity index (χ1) is 8.79. The van der Waals surface area contributed by atoms with Crippen LogP contribution in [0.4, 0.5) is 10.1 Å². The molecular formula is C14H21FN2S. The maximum Gasteiger partial charge on any atom is 0.123 e. The first-order valence-corrected chi connectivity index (χ1v) is 7.76. The van der Waals surface area contributed by atoms with Crippen molar-refractivity contribution in [3.05, 3.63) is 30.1 Å². The average Bonchev–Trinajstić information content (AvgIpc) is 2.42. The second-order valence-electron chi connectivity index (χ2n) is 4.57. The van der Waals surface area contributed by atoms with Gasteiger partial charge >= 0.3 is 0 Å². The first kappa shape index (κ1) is 13.7. The van der Waals surface area contributed by atoms with E-state index in [2.05, 4.69) is 17.1 Å². The van der Waals surface area contributed by atoms with Gasteiger partial charge in [-0.1, -0.05) is 0 Å². The minimum atomic E-state index is -0.167. The van der Waals surface area contributed by atoms with E-state index in [1.54, 1.807) is 0 Å². The van der Waals surface area contributed by atoms with Crippen LogP contribution in [-0.4, -0.2) is 37.2 Å². The lowest BCUT2D eigenvalue weighted by Crippen LogP contribution is -2.40. The normalized spacial score (nSPS) is 19.8. The van der Waals surface area contributed by atoms with Gasteiger partial charge in [0.15, 0.2) is 0 Å². The van der Waals surface area contributed by atoms with Gasteiger partial charge in [-0.2, -0.15) is 11.8 Å². The zero-order valence-electron chi connectivity index (χ0n) is 10.9. The van der Waals surface area contributed by atoms with Crippen molar-refractivity contribution in [3.8, 4) is 0 Å². The summed E-state index contributed by atoms with van der Waals surface area (Å²) < 4.78 is 12.9. The maximum atomic E-state index is 12.9. The fourth-order valence-corrected chi connectivity index (χ4v) is 3.24. The van der Waals surface area contributed by atoms with Crippen molar-refractivity contribution < 1.29 is 4.39 Å². The van der Waals surface area contributed by atoms with Gasteiger partial charge in [0.05, 0.1) is 0 Å². The highest BCUT2D eigenvalue weighted by molar-refractivity contribution is 7.99. The largest absolute Gasteiger partial charge is 0.372 e. The van der Waals surface area contributed by atoms with Crippen molar-refractivity contribution in [2.75, 3.05) is 36.0 Å². The van der Waals surface area contributed by atoms with Crippen molar-refractivity contribution in [2.45, 2.75) is 19.4 Å². The topological polar surface area (TPSA) is 15.3 Å². The molecule has 1 heterocycles. The van der Waals surface area contributed by atoms with Crippen LogP contribution in [0.1, 0.15) is 13.3 Å². The number of anilines is 1. The maximum absolute atomic E-state index is 12.9. The van der Waals surface area contributed by atoms with Crippen molar-refractivity contribution in [3.63, 3.8) is 0 Å². The Labute approximate surface area is 113 Å². The fourth-order valence-electron chi connectivity index (χ4n) is 2.24. The van der Waals surface area contributed by atoms with Crippen LogP contribution in [0.3, 0.4) is 0 Å². The van der Waals surface area contributed by atoms with Gasteiger partial charge in [0.2, 0.25) is 0 Å². The number of thioether (sulfide) groups is 1. The molecule has 1 aromatic rings. The Kier molecular flexibility index (Phi) is 5.32. The molecule has 1 aliphatic heterocycles. The number of hydrogen-bond acceptors (Lipinski definition) is 3. The van der Waals surface area contributed by atoms with E-state index in [-0.39, 0.29) is 5.82 Å². The highest BCUT2D eigenvalue weighted by Gasteiger charge is 2.14. The van der Waals surface area contributed by atoms with Crippen molar-refractivity contribution in [1.29, 1.82) is 0 Å². The smallest absolute Gasteiger partial charge is 0.123 e. The summed E-state index contributed by atoms with van der Waals surface area (Å²) in [4.78, 5) is 2.31. The van der Waals surface area contributed by atoms with E-state index in [0.717, 1.165) is 31.7 Å². The fraction of sp³-hybridized carbons (Fsp3) is 0.571. The molecule has 0 amide bonds. The van der Waals surface area contributed by atoms with E-state index >= 15 is 0 Å². The summed E-state index contributed by atoms with van der Waals surface area (Å²) in [6.07, 6.45) is 1.15. The summed E-state index contributed by atoms with van der Waals surface area (Å²) >= 11 is 2.03. The number of benzene rings is 1. The monoisotopic (exact) mass is 268 g/mol. The highest BCUT2D eigenvalue weighted by atomic mass is 32.2. The SMILES string of the molecule is CCN(CCC1CSCCN1)c1ccc(F)cc1. The molecule has 1 unspecified atom stereocenters. The van der Waals surface area contributed by atoms with Crippen molar-refractivity contribution in [2.24, 2.45) is 0 Å². The molecule has 0 radical (unpaired) electrons. The lowest BCUT2D eigenvalue weighted by Gasteiger charge is -2.28. The zero-order chi connectivity index (χ0) is 12.8. The molecule has 0 saturated carbocycles. The molecular weight excluding hydrogens is 247 g/mol. The lowest BCUT2D eigenvalue weighted by molar-refractivity contribution is 0.525. The number of hydrogen-bond donors (Lipinski definition) is 1. The zero-order valence-corrected chi connectivity index (χ0v) is 11.7. The molecule has 0 spiro atoms. The van der Waals surface area contributed by atoms with Crippen LogP contribution in [0.25, 0.3) is 0 Å². The summed E-state index contributed by atoms with van der Waals surface area (Å²) in [6.45, 7) is 5.26. The van der Waals surface area contributed by atoms with Crippen LogP contribution in [0.2, 0.25) is 0 Å². The number of rotatable bonds is 5. The molecule has 2 rings (SSSR count).